The number of halogens is 1. The lowest BCUT2D eigenvalue weighted by atomic mass is 10.1. The molecule has 0 radical (unpaired) electrons. The molecule has 0 atom stereocenters. The van der Waals surface area contributed by atoms with Crippen molar-refractivity contribution in [1.82, 2.24) is 0 Å². The molecule has 0 saturated heterocycles. The summed E-state index contributed by atoms with van der Waals surface area (Å²) in [5.41, 5.74) is 2.33. The van der Waals surface area contributed by atoms with Crippen LogP contribution in [0, 0.1) is 13.8 Å². The molecule has 1 amide bonds. The first kappa shape index (κ1) is 21.6. The van der Waals surface area contributed by atoms with Crippen molar-refractivity contribution in [1.29, 1.82) is 0 Å². The average Bonchev–Trinajstić information content (AvgIpc) is 2.66. The maximum atomic E-state index is 12.0. The van der Waals surface area contributed by atoms with Gasteiger partial charge in [0.05, 0.1) is 17.3 Å². The maximum Gasteiger partial charge on any atom is 0.344 e. The SMILES string of the molecule is CCCOc1ccccc1OCC(=O)OCC(=O)Nc1c(C)cc(C)cc1Cl. The number of carbonyl (C=O) groups is 2. The van der Waals surface area contributed by atoms with E-state index < -0.39 is 18.5 Å². The highest BCUT2D eigenvalue weighted by molar-refractivity contribution is 6.34. The normalized spacial score (nSPS) is 10.3. The molecule has 1 N–H and O–H groups in total. The van der Waals surface area contributed by atoms with Crippen LogP contribution in [0.1, 0.15) is 24.5 Å². The van der Waals surface area contributed by atoms with Gasteiger partial charge in [-0.3, -0.25) is 4.79 Å². The van der Waals surface area contributed by atoms with Crippen LogP contribution in [-0.2, 0) is 14.3 Å². The van der Waals surface area contributed by atoms with Crippen LogP contribution in [0.2, 0.25) is 5.02 Å². The molecular formula is C21H24ClNO5. The summed E-state index contributed by atoms with van der Waals surface area (Å²) >= 11 is 6.16. The lowest BCUT2D eigenvalue weighted by Gasteiger charge is -2.13. The zero-order valence-corrected chi connectivity index (χ0v) is 17.0. The predicted molar refractivity (Wildman–Crippen MR) is 108 cm³/mol. The van der Waals surface area contributed by atoms with Gasteiger partial charge < -0.3 is 19.5 Å². The molecule has 0 fully saturated rings. The molecule has 0 aromatic heterocycles. The van der Waals surface area contributed by atoms with Crippen molar-refractivity contribution in [2.24, 2.45) is 0 Å². The van der Waals surface area contributed by atoms with Gasteiger partial charge in [-0.2, -0.15) is 0 Å². The molecule has 0 aliphatic rings. The minimum Gasteiger partial charge on any atom is -0.490 e. The van der Waals surface area contributed by atoms with Crippen molar-refractivity contribution in [3.63, 3.8) is 0 Å². The first-order chi connectivity index (χ1) is 13.4. The Kier molecular flexibility index (Phi) is 8.14. The maximum absolute atomic E-state index is 12.0. The Labute approximate surface area is 169 Å². The number of hydrogen-bond donors (Lipinski definition) is 1. The summed E-state index contributed by atoms with van der Waals surface area (Å²) in [6.07, 6.45) is 0.857. The van der Waals surface area contributed by atoms with Gasteiger partial charge in [-0.1, -0.05) is 36.7 Å². The van der Waals surface area contributed by atoms with Crippen LogP contribution < -0.4 is 14.8 Å². The Morgan fingerprint density at radius 1 is 1.04 bits per heavy atom. The number of aryl methyl sites for hydroxylation is 2. The smallest absolute Gasteiger partial charge is 0.344 e. The van der Waals surface area contributed by atoms with E-state index in [9.17, 15) is 9.59 Å². The number of nitrogens with one attached hydrogen (secondary N) is 1. The van der Waals surface area contributed by atoms with Crippen LogP contribution in [0.5, 0.6) is 11.5 Å². The van der Waals surface area contributed by atoms with Crippen molar-refractivity contribution < 1.29 is 23.8 Å². The Balaban J connectivity index is 1.82. The molecule has 0 aliphatic heterocycles. The van der Waals surface area contributed by atoms with Crippen molar-refractivity contribution in [3.8, 4) is 11.5 Å². The monoisotopic (exact) mass is 405 g/mol. The van der Waals surface area contributed by atoms with E-state index in [1.807, 2.05) is 32.9 Å². The van der Waals surface area contributed by atoms with Crippen molar-refractivity contribution in [2.45, 2.75) is 27.2 Å². The minimum atomic E-state index is -0.660. The van der Waals surface area contributed by atoms with E-state index in [4.69, 9.17) is 25.8 Å². The number of rotatable bonds is 9. The first-order valence-electron chi connectivity index (χ1n) is 8.97. The standard InChI is InChI=1S/C21H24ClNO5/c1-4-9-26-17-7-5-6-8-18(17)27-13-20(25)28-12-19(24)23-21-15(3)10-14(2)11-16(21)22/h5-8,10-11H,4,9,12-13H2,1-3H3,(H,23,24). The van der Waals surface area contributed by atoms with Gasteiger partial charge in [0.25, 0.3) is 5.91 Å². The van der Waals surface area contributed by atoms with Gasteiger partial charge in [-0.05, 0) is 49.6 Å². The third-order valence-corrected chi connectivity index (χ3v) is 4.01. The van der Waals surface area contributed by atoms with Crippen LogP contribution in [0.15, 0.2) is 36.4 Å². The number of amides is 1. The van der Waals surface area contributed by atoms with E-state index in [0.29, 0.717) is 28.8 Å². The van der Waals surface area contributed by atoms with Crippen LogP contribution in [0.4, 0.5) is 5.69 Å². The highest BCUT2D eigenvalue weighted by Crippen LogP contribution is 2.27. The Hall–Kier alpha value is -2.73. The molecule has 2 aromatic rings. The van der Waals surface area contributed by atoms with Gasteiger partial charge in [0.15, 0.2) is 24.7 Å². The molecule has 28 heavy (non-hydrogen) atoms. The molecule has 0 aliphatic carbocycles. The number of carbonyl (C=O) groups excluding carboxylic acids is 2. The third kappa shape index (κ3) is 6.46. The van der Waals surface area contributed by atoms with E-state index in [0.717, 1.165) is 17.5 Å². The molecule has 0 heterocycles. The van der Waals surface area contributed by atoms with Gasteiger partial charge in [-0.25, -0.2) is 4.79 Å². The fraction of sp³-hybridized carbons (Fsp3) is 0.333. The van der Waals surface area contributed by atoms with E-state index >= 15 is 0 Å². The third-order valence-electron chi connectivity index (χ3n) is 3.72. The second-order valence-corrected chi connectivity index (χ2v) is 6.64. The van der Waals surface area contributed by atoms with Crippen LogP contribution >= 0.6 is 11.6 Å². The molecule has 150 valence electrons. The fourth-order valence-electron chi connectivity index (χ4n) is 2.47. The topological polar surface area (TPSA) is 73.9 Å². The molecule has 0 unspecified atom stereocenters. The summed E-state index contributed by atoms with van der Waals surface area (Å²) in [5.74, 6) is -0.139. The van der Waals surface area contributed by atoms with Crippen LogP contribution in [-0.4, -0.2) is 31.7 Å². The molecule has 2 aromatic carbocycles. The molecule has 0 bridgehead atoms. The first-order valence-corrected chi connectivity index (χ1v) is 9.35. The van der Waals surface area contributed by atoms with Gasteiger partial charge in [0, 0.05) is 0 Å². The number of anilines is 1. The van der Waals surface area contributed by atoms with Gasteiger partial charge in [-0.15, -0.1) is 0 Å². The zero-order chi connectivity index (χ0) is 20.5. The Morgan fingerprint density at radius 3 is 2.36 bits per heavy atom. The van der Waals surface area contributed by atoms with Gasteiger partial charge in [0.1, 0.15) is 0 Å². The second-order valence-electron chi connectivity index (χ2n) is 6.23. The Morgan fingerprint density at radius 2 is 1.71 bits per heavy atom. The quantitative estimate of drug-likeness (QED) is 0.629. The molecule has 7 heteroatoms. The van der Waals surface area contributed by atoms with Crippen molar-refractivity contribution in [3.05, 3.63) is 52.5 Å². The fourth-order valence-corrected chi connectivity index (χ4v) is 2.84. The number of esters is 1. The number of para-hydroxylation sites is 2. The summed E-state index contributed by atoms with van der Waals surface area (Å²) in [5, 5.41) is 3.09. The van der Waals surface area contributed by atoms with Crippen LogP contribution in [0.25, 0.3) is 0 Å². The number of benzene rings is 2. The largest absolute Gasteiger partial charge is 0.490 e. The molecular weight excluding hydrogens is 382 g/mol. The van der Waals surface area contributed by atoms with Crippen molar-refractivity contribution in [2.75, 3.05) is 25.1 Å². The molecule has 6 nitrogen and oxygen atoms in total. The van der Waals surface area contributed by atoms with Gasteiger partial charge in [0.2, 0.25) is 0 Å². The molecule has 0 saturated carbocycles. The molecule has 2 rings (SSSR count). The van der Waals surface area contributed by atoms with E-state index in [1.54, 1.807) is 24.3 Å². The van der Waals surface area contributed by atoms with Gasteiger partial charge >= 0.3 is 5.97 Å². The van der Waals surface area contributed by atoms with E-state index in [1.165, 1.54) is 0 Å². The van der Waals surface area contributed by atoms with Crippen LogP contribution in [0.3, 0.4) is 0 Å². The Bertz CT molecular complexity index is 814. The predicted octanol–water partition coefficient (Wildman–Crippen LogP) is 4.31. The zero-order valence-electron chi connectivity index (χ0n) is 16.2. The lowest BCUT2D eigenvalue weighted by Crippen LogP contribution is -2.24. The van der Waals surface area contributed by atoms with E-state index in [2.05, 4.69) is 5.32 Å². The summed E-state index contributed by atoms with van der Waals surface area (Å²) in [7, 11) is 0. The molecule has 0 spiro atoms. The second kappa shape index (κ2) is 10.6. The summed E-state index contributed by atoms with van der Waals surface area (Å²) < 4.78 is 16.0. The average molecular weight is 406 g/mol. The lowest BCUT2D eigenvalue weighted by molar-refractivity contribution is -0.149. The number of ether oxygens (including phenoxy) is 3. The highest BCUT2D eigenvalue weighted by atomic mass is 35.5. The minimum absolute atomic E-state index is 0.329. The summed E-state index contributed by atoms with van der Waals surface area (Å²) in [4.78, 5) is 23.9. The van der Waals surface area contributed by atoms with Crippen molar-refractivity contribution >= 4 is 29.2 Å². The van der Waals surface area contributed by atoms with E-state index in [-0.39, 0.29) is 6.61 Å². The number of hydrogen-bond acceptors (Lipinski definition) is 5. The summed E-state index contributed by atoms with van der Waals surface area (Å²) in [6.45, 7) is 5.54. The summed E-state index contributed by atoms with van der Waals surface area (Å²) in [6, 6.07) is 10.7. The highest BCUT2D eigenvalue weighted by Gasteiger charge is 2.13.